The third kappa shape index (κ3) is 10.2. The highest BCUT2D eigenvalue weighted by Gasteiger charge is 2.23. The summed E-state index contributed by atoms with van der Waals surface area (Å²) in [6, 6.07) is 19.3. The highest BCUT2D eigenvalue weighted by atomic mass is 35.5. The van der Waals surface area contributed by atoms with Crippen molar-refractivity contribution in [1.82, 2.24) is 19.9 Å². The lowest BCUT2D eigenvalue weighted by molar-refractivity contribution is -0.570. The molecule has 6 aromatic rings. The molecule has 1 aliphatic heterocycles. The SMILES string of the molecule is COCCOc1cc2ncnc(Nc3cc(C#N)cc(-[n+]4cnc(Nc5ccc(F)c(Cl)c5)c5cc(OCCCN6CCOCC6)c(OC)cc54)c3)c2cc1OCCOC. The van der Waals surface area contributed by atoms with E-state index in [0.29, 0.717) is 112 Å². The molecule has 0 radical (unpaired) electrons. The van der Waals surface area contributed by atoms with Crippen LogP contribution in [0.2, 0.25) is 5.02 Å². The van der Waals surface area contributed by atoms with Crippen molar-refractivity contribution in [2.45, 2.75) is 6.42 Å². The molecule has 15 nitrogen and oxygen atoms in total. The van der Waals surface area contributed by atoms with Crippen LogP contribution in [0, 0.1) is 17.1 Å². The number of fused-ring (bicyclic) bond motifs is 2. The summed E-state index contributed by atoms with van der Waals surface area (Å²) in [6.07, 6.45) is 3.88. The van der Waals surface area contributed by atoms with Crippen molar-refractivity contribution in [2.75, 3.05) is 97.8 Å². The van der Waals surface area contributed by atoms with E-state index in [2.05, 4.69) is 31.6 Å². The zero-order valence-corrected chi connectivity index (χ0v) is 34.3. The highest BCUT2D eigenvalue weighted by molar-refractivity contribution is 6.31. The van der Waals surface area contributed by atoms with Crippen LogP contribution in [0.1, 0.15) is 12.0 Å². The van der Waals surface area contributed by atoms with Crippen molar-refractivity contribution in [3.05, 3.63) is 89.7 Å². The summed E-state index contributed by atoms with van der Waals surface area (Å²) in [5, 5.41) is 18.2. The Morgan fingerprint density at radius 3 is 2.22 bits per heavy atom. The third-order valence-electron chi connectivity index (χ3n) is 9.64. The van der Waals surface area contributed by atoms with Gasteiger partial charge in [0.15, 0.2) is 23.0 Å². The Morgan fingerprint density at radius 1 is 0.783 bits per heavy atom. The summed E-state index contributed by atoms with van der Waals surface area (Å²) in [4.78, 5) is 16.2. The molecule has 1 aliphatic rings. The number of hydrogen-bond acceptors (Lipinski definition) is 14. The zero-order chi connectivity index (χ0) is 41.8. The minimum atomic E-state index is -0.534. The van der Waals surface area contributed by atoms with Crippen LogP contribution in [-0.2, 0) is 14.2 Å². The normalized spacial score (nSPS) is 12.9. The van der Waals surface area contributed by atoms with E-state index < -0.39 is 5.82 Å². The van der Waals surface area contributed by atoms with Gasteiger partial charge in [-0.25, -0.2) is 14.4 Å². The summed E-state index contributed by atoms with van der Waals surface area (Å²) in [7, 11) is 4.79. The first-order chi connectivity index (χ1) is 29.4. The molecule has 60 heavy (non-hydrogen) atoms. The van der Waals surface area contributed by atoms with Crippen molar-refractivity contribution in [1.29, 1.82) is 5.26 Å². The molecule has 17 heteroatoms. The van der Waals surface area contributed by atoms with E-state index in [9.17, 15) is 9.65 Å². The van der Waals surface area contributed by atoms with E-state index in [1.54, 1.807) is 51.9 Å². The number of nitriles is 1. The molecule has 0 bridgehead atoms. The molecule has 3 heterocycles. The largest absolute Gasteiger partial charge is 0.493 e. The molecule has 7 rings (SSSR count). The Morgan fingerprint density at radius 2 is 1.48 bits per heavy atom. The average Bonchev–Trinajstić information content (AvgIpc) is 3.27. The van der Waals surface area contributed by atoms with Gasteiger partial charge in [0, 0.05) is 80.9 Å². The standard InChI is InChI=1S/C43H44ClFN8O7/c1-54-13-15-59-40-21-32-36(23-41(40)60-16-14-55-2)47-26-48-42(32)51-30-17-28(25-46)18-31(19-30)53-27-49-43(50-29-5-6-35(45)34(44)20-29)33-22-39(38(56-3)24-37(33)53)58-10-4-7-52-8-11-57-12-9-52/h5-6,17-24,26-27H,4,7-16H2,1-3H3,(H,47,48,51)/p+1. The van der Waals surface area contributed by atoms with E-state index in [1.807, 2.05) is 28.8 Å². The summed E-state index contributed by atoms with van der Waals surface area (Å²) >= 11 is 6.15. The van der Waals surface area contributed by atoms with Gasteiger partial charge in [-0.05, 0) is 41.7 Å². The topological polar surface area (TPSA) is 158 Å². The molecule has 0 amide bonds. The lowest BCUT2D eigenvalue weighted by atomic mass is 10.1. The Kier molecular flexibility index (Phi) is 14.2. The number of nitrogens with one attached hydrogen (secondary N) is 2. The highest BCUT2D eigenvalue weighted by Crippen LogP contribution is 2.37. The summed E-state index contributed by atoms with van der Waals surface area (Å²) in [5.74, 6) is 2.41. The summed E-state index contributed by atoms with van der Waals surface area (Å²) < 4.78 is 56.0. The van der Waals surface area contributed by atoms with Gasteiger partial charge in [-0.3, -0.25) is 4.90 Å². The van der Waals surface area contributed by atoms with Crippen molar-refractivity contribution in [3.63, 3.8) is 0 Å². The van der Waals surface area contributed by atoms with Crippen LogP contribution in [0.5, 0.6) is 23.0 Å². The third-order valence-corrected chi connectivity index (χ3v) is 9.93. The van der Waals surface area contributed by atoms with Crippen molar-refractivity contribution < 1.29 is 42.1 Å². The van der Waals surface area contributed by atoms with E-state index in [-0.39, 0.29) is 5.02 Å². The van der Waals surface area contributed by atoms with Gasteiger partial charge in [0.05, 0.1) is 67.7 Å². The van der Waals surface area contributed by atoms with Crippen LogP contribution < -0.4 is 34.1 Å². The quantitative estimate of drug-likeness (QED) is 0.0651. The Bertz CT molecular complexity index is 2480. The van der Waals surface area contributed by atoms with E-state index in [4.69, 9.17) is 49.7 Å². The maximum atomic E-state index is 14.1. The monoisotopic (exact) mass is 839 g/mol. The Labute approximate surface area is 351 Å². The van der Waals surface area contributed by atoms with Gasteiger partial charge in [-0.1, -0.05) is 11.6 Å². The molecule has 0 saturated carbocycles. The summed E-state index contributed by atoms with van der Waals surface area (Å²) in [6.45, 7) is 5.96. The predicted molar refractivity (Wildman–Crippen MR) is 224 cm³/mol. The number of halogens is 2. The van der Waals surface area contributed by atoms with Gasteiger partial charge in [0.25, 0.3) is 12.1 Å². The van der Waals surface area contributed by atoms with Crippen LogP contribution >= 0.6 is 11.6 Å². The maximum absolute atomic E-state index is 14.1. The first-order valence-corrected chi connectivity index (χ1v) is 19.7. The molecule has 2 aromatic heterocycles. The number of ether oxygens (including phenoxy) is 7. The Balaban J connectivity index is 1.26. The smallest absolute Gasteiger partial charge is 0.294 e. The number of nitrogens with zero attached hydrogens (tertiary/aromatic N) is 6. The second-order valence-electron chi connectivity index (χ2n) is 13.6. The molecule has 312 valence electrons. The molecule has 0 unspecified atom stereocenters. The molecule has 2 N–H and O–H groups in total. The van der Waals surface area contributed by atoms with Crippen LogP contribution in [-0.4, -0.2) is 107 Å². The van der Waals surface area contributed by atoms with Crippen LogP contribution in [0.4, 0.5) is 27.4 Å². The number of aromatic nitrogens is 4. The molecule has 4 aromatic carbocycles. The first-order valence-electron chi connectivity index (χ1n) is 19.3. The zero-order valence-electron chi connectivity index (χ0n) is 33.5. The van der Waals surface area contributed by atoms with E-state index in [1.165, 1.54) is 18.5 Å². The van der Waals surface area contributed by atoms with E-state index in [0.717, 1.165) is 39.3 Å². The second-order valence-corrected chi connectivity index (χ2v) is 14.0. The fraction of sp³-hybridized carbons (Fsp3) is 0.326. The predicted octanol–water partition coefficient (Wildman–Crippen LogP) is 6.77. The van der Waals surface area contributed by atoms with Crippen LogP contribution in [0.15, 0.2) is 73.3 Å². The van der Waals surface area contributed by atoms with Crippen LogP contribution in [0.25, 0.3) is 27.5 Å². The molecule has 0 spiro atoms. The van der Waals surface area contributed by atoms with Crippen molar-refractivity contribution in [3.8, 4) is 34.8 Å². The lowest BCUT2D eigenvalue weighted by Gasteiger charge is -2.26. The number of anilines is 4. The fourth-order valence-corrected chi connectivity index (χ4v) is 6.83. The average molecular weight is 840 g/mol. The number of rotatable bonds is 19. The minimum absolute atomic E-state index is 0.0308. The molecule has 1 saturated heterocycles. The summed E-state index contributed by atoms with van der Waals surface area (Å²) in [5.41, 5.74) is 3.38. The van der Waals surface area contributed by atoms with Gasteiger partial charge in [0.1, 0.15) is 42.4 Å². The van der Waals surface area contributed by atoms with Gasteiger partial charge in [-0.15, -0.1) is 0 Å². The number of benzene rings is 4. The number of methoxy groups -OCH3 is 3. The van der Waals surface area contributed by atoms with Gasteiger partial charge < -0.3 is 43.8 Å². The minimum Gasteiger partial charge on any atom is -0.493 e. The molecular weight excluding hydrogens is 795 g/mol. The van der Waals surface area contributed by atoms with Crippen molar-refractivity contribution >= 4 is 56.4 Å². The van der Waals surface area contributed by atoms with Crippen molar-refractivity contribution in [2.24, 2.45) is 0 Å². The first kappa shape index (κ1) is 42.0. The number of hydrogen-bond donors (Lipinski definition) is 2. The van der Waals surface area contributed by atoms with Gasteiger partial charge in [-0.2, -0.15) is 9.83 Å². The second kappa shape index (κ2) is 20.2. The Hall–Kier alpha value is -6.09. The van der Waals surface area contributed by atoms with Gasteiger partial charge >= 0.3 is 0 Å². The number of morpholine rings is 1. The molecule has 1 fully saturated rings. The van der Waals surface area contributed by atoms with Gasteiger partial charge in [0.2, 0.25) is 0 Å². The lowest BCUT2D eigenvalue weighted by Crippen LogP contribution is -2.37. The fourth-order valence-electron chi connectivity index (χ4n) is 6.65. The maximum Gasteiger partial charge on any atom is 0.294 e. The molecule has 0 atom stereocenters. The molecule has 0 aliphatic carbocycles. The van der Waals surface area contributed by atoms with Crippen LogP contribution in [0.3, 0.4) is 0 Å². The molecular formula is C43H45ClFN8O7+. The van der Waals surface area contributed by atoms with E-state index >= 15 is 0 Å².